The van der Waals surface area contributed by atoms with E-state index in [1.54, 1.807) is 7.11 Å². The van der Waals surface area contributed by atoms with Crippen molar-refractivity contribution in [2.75, 3.05) is 7.11 Å². The second kappa shape index (κ2) is 5.97. The molecule has 2 atom stereocenters. The largest absolute Gasteiger partial charge is 0.497 e. The lowest BCUT2D eigenvalue weighted by Crippen LogP contribution is -2.37. The predicted octanol–water partition coefficient (Wildman–Crippen LogP) is 2.97. The first-order valence-electron chi connectivity index (χ1n) is 6.90. The molecule has 108 valence electrons. The fourth-order valence-corrected chi connectivity index (χ4v) is 2.42. The van der Waals surface area contributed by atoms with Crippen molar-refractivity contribution in [2.24, 2.45) is 0 Å². The van der Waals surface area contributed by atoms with Crippen molar-refractivity contribution in [1.82, 2.24) is 5.32 Å². The van der Waals surface area contributed by atoms with Crippen molar-refractivity contribution in [2.45, 2.75) is 18.8 Å². The number of ether oxygens (including phenoxy) is 2. The number of rotatable bonds is 3. The number of methoxy groups -OCH3 is 1. The van der Waals surface area contributed by atoms with Gasteiger partial charge in [0.2, 0.25) is 5.91 Å². The van der Waals surface area contributed by atoms with E-state index in [4.69, 9.17) is 9.47 Å². The zero-order valence-electron chi connectivity index (χ0n) is 11.8. The van der Waals surface area contributed by atoms with Gasteiger partial charge in [0.25, 0.3) is 0 Å². The summed E-state index contributed by atoms with van der Waals surface area (Å²) in [5.41, 5.74) is 1.93. The van der Waals surface area contributed by atoms with Crippen LogP contribution >= 0.6 is 0 Å². The van der Waals surface area contributed by atoms with E-state index in [1.807, 2.05) is 54.6 Å². The van der Waals surface area contributed by atoms with Crippen molar-refractivity contribution in [3.8, 4) is 5.75 Å². The maximum Gasteiger partial charge on any atom is 0.225 e. The van der Waals surface area contributed by atoms with Gasteiger partial charge in [-0.15, -0.1) is 0 Å². The predicted molar refractivity (Wildman–Crippen MR) is 78.8 cm³/mol. The summed E-state index contributed by atoms with van der Waals surface area (Å²) in [6, 6.07) is 17.3. The molecule has 1 amide bonds. The fourth-order valence-electron chi connectivity index (χ4n) is 2.42. The highest BCUT2D eigenvalue weighted by Crippen LogP contribution is 2.32. The number of hydrogen-bond donors (Lipinski definition) is 1. The van der Waals surface area contributed by atoms with Crippen LogP contribution in [0, 0.1) is 0 Å². The molecule has 3 rings (SSSR count). The molecule has 1 heterocycles. The highest BCUT2D eigenvalue weighted by molar-refractivity contribution is 5.77. The van der Waals surface area contributed by atoms with Crippen LogP contribution in [0.5, 0.6) is 5.75 Å². The van der Waals surface area contributed by atoms with Gasteiger partial charge in [0.1, 0.15) is 5.75 Å². The van der Waals surface area contributed by atoms with Gasteiger partial charge in [-0.25, -0.2) is 0 Å². The van der Waals surface area contributed by atoms with Crippen LogP contribution < -0.4 is 10.1 Å². The zero-order chi connectivity index (χ0) is 14.7. The topological polar surface area (TPSA) is 47.6 Å². The lowest BCUT2D eigenvalue weighted by atomic mass is 10.0. The Hall–Kier alpha value is -2.33. The summed E-state index contributed by atoms with van der Waals surface area (Å²) < 4.78 is 11.2. The number of carbonyl (C=O) groups is 1. The summed E-state index contributed by atoms with van der Waals surface area (Å²) >= 11 is 0. The summed E-state index contributed by atoms with van der Waals surface area (Å²) in [7, 11) is 1.62. The molecule has 0 spiro atoms. The van der Waals surface area contributed by atoms with Crippen molar-refractivity contribution < 1.29 is 14.3 Å². The Morgan fingerprint density at radius 1 is 1.05 bits per heavy atom. The van der Waals surface area contributed by atoms with Gasteiger partial charge in [0.05, 0.1) is 19.6 Å². The van der Waals surface area contributed by atoms with Crippen LogP contribution in [-0.2, 0) is 9.53 Å². The molecule has 0 aromatic heterocycles. The van der Waals surface area contributed by atoms with E-state index in [2.05, 4.69) is 5.32 Å². The molecular formula is C17H17NO3. The summed E-state index contributed by atoms with van der Waals surface area (Å²) in [6.45, 7) is 0. The van der Waals surface area contributed by atoms with E-state index in [1.165, 1.54) is 0 Å². The van der Waals surface area contributed by atoms with E-state index in [0.717, 1.165) is 16.9 Å². The molecule has 1 saturated heterocycles. The van der Waals surface area contributed by atoms with Gasteiger partial charge in [0, 0.05) is 5.56 Å². The van der Waals surface area contributed by atoms with Crippen LogP contribution in [0.1, 0.15) is 29.9 Å². The summed E-state index contributed by atoms with van der Waals surface area (Å²) in [5, 5.41) is 2.87. The van der Waals surface area contributed by atoms with Gasteiger partial charge >= 0.3 is 0 Å². The Balaban J connectivity index is 1.81. The van der Waals surface area contributed by atoms with E-state index in [-0.39, 0.29) is 12.0 Å². The molecule has 0 unspecified atom stereocenters. The molecule has 1 fully saturated rings. The van der Waals surface area contributed by atoms with Crippen LogP contribution in [0.2, 0.25) is 0 Å². The first-order chi connectivity index (χ1) is 10.3. The molecule has 0 bridgehead atoms. The van der Waals surface area contributed by atoms with E-state index < -0.39 is 6.23 Å². The molecular weight excluding hydrogens is 266 g/mol. The van der Waals surface area contributed by atoms with Crippen LogP contribution in [0.15, 0.2) is 54.6 Å². The number of benzene rings is 2. The molecule has 0 aliphatic carbocycles. The first-order valence-corrected chi connectivity index (χ1v) is 6.90. The number of amides is 1. The Kier molecular flexibility index (Phi) is 3.88. The normalized spacial score (nSPS) is 21.7. The summed E-state index contributed by atoms with van der Waals surface area (Å²) in [4.78, 5) is 11.9. The lowest BCUT2D eigenvalue weighted by molar-refractivity contribution is -0.143. The van der Waals surface area contributed by atoms with Crippen LogP contribution in [0.4, 0.5) is 0 Å². The fraction of sp³-hybridized carbons (Fsp3) is 0.235. The van der Waals surface area contributed by atoms with Gasteiger partial charge in [0.15, 0.2) is 6.23 Å². The highest BCUT2D eigenvalue weighted by atomic mass is 16.5. The Morgan fingerprint density at radius 3 is 2.43 bits per heavy atom. The Bertz CT molecular complexity index is 610. The van der Waals surface area contributed by atoms with Crippen molar-refractivity contribution in [1.29, 1.82) is 0 Å². The maximum atomic E-state index is 11.9. The van der Waals surface area contributed by atoms with E-state index in [9.17, 15) is 4.79 Å². The first kappa shape index (κ1) is 13.6. The minimum absolute atomic E-state index is 0.00378. The van der Waals surface area contributed by atoms with Gasteiger partial charge in [-0.1, -0.05) is 42.5 Å². The van der Waals surface area contributed by atoms with Gasteiger partial charge in [-0.05, 0) is 17.7 Å². The summed E-state index contributed by atoms with van der Waals surface area (Å²) in [5.74, 6) is 0.774. The minimum Gasteiger partial charge on any atom is -0.497 e. The summed E-state index contributed by atoms with van der Waals surface area (Å²) in [6.07, 6.45) is -0.300. The third kappa shape index (κ3) is 3.06. The molecule has 4 nitrogen and oxygen atoms in total. The van der Waals surface area contributed by atoms with Gasteiger partial charge < -0.3 is 14.8 Å². The monoisotopic (exact) mass is 283 g/mol. The molecule has 4 heteroatoms. The van der Waals surface area contributed by atoms with E-state index >= 15 is 0 Å². The van der Waals surface area contributed by atoms with Crippen molar-refractivity contribution in [3.63, 3.8) is 0 Å². The average Bonchev–Trinajstić information content (AvgIpc) is 2.55. The third-order valence-electron chi connectivity index (χ3n) is 3.55. The maximum absolute atomic E-state index is 11.9. The van der Waals surface area contributed by atoms with Gasteiger partial charge in [-0.3, -0.25) is 4.79 Å². The molecule has 2 aromatic rings. The minimum atomic E-state index is -0.428. The zero-order valence-corrected chi connectivity index (χ0v) is 11.8. The highest BCUT2D eigenvalue weighted by Gasteiger charge is 2.29. The Morgan fingerprint density at radius 2 is 1.76 bits per heavy atom. The van der Waals surface area contributed by atoms with Crippen LogP contribution in [0.3, 0.4) is 0 Å². The van der Waals surface area contributed by atoms with Crippen molar-refractivity contribution in [3.05, 3.63) is 65.7 Å². The second-order valence-electron chi connectivity index (χ2n) is 4.96. The second-order valence-corrected chi connectivity index (χ2v) is 4.96. The smallest absolute Gasteiger partial charge is 0.225 e. The molecule has 21 heavy (non-hydrogen) atoms. The van der Waals surface area contributed by atoms with Crippen LogP contribution in [0.25, 0.3) is 0 Å². The SMILES string of the molecule is COc1ccc([C@H]2NC(=O)C[C@@H](c3ccccc3)O2)cc1. The quantitative estimate of drug-likeness (QED) is 0.942. The molecule has 2 aromatic carbocycles. The number of carbonyl (C=O) groups excluding carboxylic acids is 1. The molecule has 1 aliphatic heterocycles. The molecule has 1 N–H and O–H groups in total. The third-order valence-corrected chi connectivity index (χ3v) is 3.55. The van der Waals surface area contributed by atoms with Crippen molar-refractivity contribution >= 4 is 5.91 Å². The molecule has 0 radical (unpaired) electrons. The Labute approximate surface area is 123 Å². The average molecular weight is 283 g/mol. The number of hydrogen-bond acceptors (Lipinski definition) is 3. The van der Waals surface area contributed by atoms with Crippen LogP contribution in [-0.4, -0.2) is 13.0 Å². The molecule has 1 aliphatic rings. The molecule has 0 saturated carbocycles. The number of nitrogens with one attached hydrogen (secondary N) is 1. The van der Waals surface area contributed by atoms with E-state index in [0.29, 0.717) is 6.42 Å². The lowest BCUT2D eigenvalue weighted by Gasteiger charge is -2.31. The standard InChI is InChI=1S/C17H17NO3/c1-20-14-9-7-13(8-10-14)17-18-16(19)11-15(21-17)12-5-3-2-4-6-12/h2-10,15,17H,11H2,1H3,(H,18,19)/t15-,17-/m0/s1. The van der Waals surface area contributed by atoms with Gasteiger partial charge in [-0.2, -0.15) is 0 Å².